The molecule has 1 N–H and O–H groups in total. The standard InChI is InChI=1S/C14H9IN2O2/c15-13(18)9-5-7-10(8-6-9)16-14-17-11-3-1-2-4-12(11)19-14/h1-8H,(H,16,17). The van der Waals surface area contributed by atoms with E-state index in [9.17, 15) is 4.79 Å². The largest absolute Gasteiger partial charge is 0.423 e. The molecular formula is C14H9IN2O2. The van der Waals surface area contributed by atoms with Crippen molar-refractivity contribution in [1.82, 2.24) is 4.98 Å². The van der Waals surface area contributed by atoms with E-state index < -0.39 is 0 Å². The van der Waals surface area contributed by atoms with Crippen LogP contribution in [0, 0.1) is 0 Å². The fourth-order valence-corrected chi connectivity index (χ4v) is 2.09. The summed E-state index contributed by atoms with van der Waals surface area (Å²) in [5.74, 6) is 0. The van der Waals surface area contributed by atoms with E-state index in [0.717, 1.165) is 16.8 Å². The number of hydrogen-bond acceptors (Lipinski definition) is 4. The lowest BCUT2D eigenvalue weighted by Gasteiger charge is -2.01. The molecule has 0 aliphatic heterocycles. The predicted molar refractivity (Wildman–Crippen MR) is 82.1 cm³/mol. The lowest BCUT2D eigenvalue weighted by Crippen LogP contribution is -1.92. The van der Waals surface area contributed by atoms with Crippen LogP contribution in [0.3, 0.4) is 0 Å². The first kappa shape index (κ1) is 12.2. The van der Waals surface area contributed by atoms with Gasteiger partial charge in [-0.1, -0.05) is 12.1 Å². The van der Waals surface area contributed by atoms with E-state index in [1.54, 1.807) is 34.7 Å². The van der Waals surface area contributed by atoms with Crippen molar-refractivity contribution in [2.75, 3.05) is 5.32 Å². The van der Waals surface area contributed by atoms with Crippen molar-refractivity contribution in [1.29, 1.82) is 0 Å². The summed E-state index contributed by atoms with van der Waals surface area (Å²) in [5, 5.41) is 3.07. The molecule has 0 aliphatic rings. The number of benzene rings is 2. The van der Waals surface area contributed by atoms with Crippen LogP contribution >= 0.6 is 22.6 Å². The van der Waals surface area contributed by atoms with Crippen LogP contribution in [0.25, 0.3) is 11.1 Å². The van der Waals surface area contributed by atoms with Gasteiger partial charge in [-0.15, -0.1) is 0 Å². The van der Waals surface area contributed by atoms with E-state index >= 15 is 0 Å². The molecule has 0 amide bonds. The van der Waals surface area contributed by atoms with Gasteiger partial charge in [0.25, 0.3) is 6.01 Å². The minimum Gasteiger partial charge on any atom is -0.423 e. The number of aromatic nitrogens is 1. The topological polar surface area (TPSA) is 55.1 Å². The third kappa shape index (κ3) is 2.60. The third-order valence-corrected chi connectivity index (χ3v) is 3.28. The number of hydrogen-bond donors (Lipinski definition) is 1. The van der Waals surface area contributed by atoms with Crippen molar-refractivity contribution in [3.63, 3.8) is 0 Å². The molecule has 94 valence electrons. The Morgan fingerprint density at radius 3 is 2.53 bits per heavy atom. The van der Waals surface area contributed by atoms with E-state index in [2.05, 4.69) is 10.3 Å². The van der Waals surface area contributed by atoms with Crippen LogP contribution in [0.5, 0.6) is 0 Å². The van der Waals surface area contributed by atoms with E-state index in [0.29, 0.717) is 11.6 Å². The summed E-state index contributed by atoms with van der Waals surface area (Å²) in [6.45, 7) is 0. The maximum Gasteiger partial charge on any atom is 0.300 e. The molecule has 0 spiro atoms. The molecule has 0 unspecified atom stereocenters. The van der Waals surface area contributed by atoms with Gasteiger partial charge in [0.2, 0.25) is 3.79 Å². The molecule has 0 atom stereocenters. The highest BCUT2D eigenvalue weighted by Gasteiger charge is 2.05. The normalized spacial score (nSPS) is 10.6. The Balaban J connectivity index is 1.86. The summed E-state index contributed by atoms with van der Waals surface area (Å²) in [4.78, 5) is 15.5. The number of carbonyl (C=O) groups excluding carboxylic acids is 1. The van der Waals surface area contributed by atoms with E-state index in [-0.39, 0.29) is 3.79 Å². The molecule has 0 fully saturated rings. The van der Waals surface area contributed by atoms with Gasteiger partial charge >= 0.3 is 0 Å². The molecule has 0 saturated carbocycles. The van der Waals surface area contributed by atoms with Crippen LogP contribution in [0.1, 0.15) is 10.4 Å². The van der Waals surface area contributed by atoms with Crippen molar-refractivity contribution >= 4 is 49.2 Å². The Morgan fingerprint density at radius 1 is 1.11 bits per heavy atom. The fourth-order valence-electron chi connectivity index (χ4n) is 1.73. The number of oxazole rings is 1. The average molecular weight is 364 g/mol. The molecule has 0 saturated heterocycles. The van der Waals surface area contributed by atoms with Crippen LogP contribution in [-0.4, -0.2) is 8.77 Å². The second kappa shape index (κ2) is 5.00. The van der Waals surface area contributed by atoms with Gasteiger partial charge in [0.05, 0.1) is 0 Å². The van der Waals surface area contributed by atoms with Crippen LogP contribution in [0.4, 0.5) is 11.7 Å². The summed E-state index contributed by atoms with van der Waals surface area (Å²) in [7, 11) is 0. The molecule has 3 rings (SSSR count). The Hall–Kier alpha value is -1.89. The lowest BCUT2D eigenvalue weighted by atomic mass is 10.2. The molecule has 0 aliphatic carbocycles. The van der Waals surface area contributed by atoms with Gasteiger partial charge in [0, 0.05) is 33.8 Å². The van der Waals surface area contributed by atoms with Gasteiger partial charge in [-0.25, -0.2) is 0 Å². The minimum absolute atomic E-state index is 0.0195. The van der Waals surface area contributed by atoms with E-state index in [1.165, 1.54) is 0 Å². The average Bonchev–Trinajstić information content (AvgIpc) is 2.81. The van der Waals surface area contributed by atoms with Crippen LogP contribution in [0.15, 0.2) is 52.9 Å². The number of para-hydroxylation sites is 2. The molecule has 2 aromatic carbocycles. The Kier molecular flexibility index (Phi) is 3.20. The van der Waals surface area contributed by atoms with Crippen molar-refractivity contribution in [2.45, 2.75) is 0 Å². The molecule has 5 heteroatoms. The van der Waals surface area contributed by atoms with Gasteiger partial charge in [-0.05, 0) is 36.4 Å². The number of anilines is 2. The molecular weight excluding hydrogens is 355 g/mol. The maximum absolute atomic E-state index is 11.2. The summed E-state index contributed by atoms with van der Waals surface area (Å²) in [5.41, 5.74) is 3.05. The Bertz CT molecular complexity index is 702. The fraction of sp³-hybridized carbons (Fsp3) is 0. The highest BCUT2D eigenvalue weighted by molar-refractivity contribution is 14.1. The molecule has 1 aromatic heterocycles. The zero-order valence-electron chi connectivity index (χ0n) is 9.76. The van der Waals surface area contributed by atoms with Gasteiger partial charge in [-0.3, -0.25) is 4.79 Å². The smallest absolute Gasteiger partial charge is 0.300 e. The van der Waals surface area contributed by atoms with Crippen LogP contribution in [0.2, 0.25) is 0 Å². The SMILES string of the molecule is O=C(I)c1ccc(Nc2nc3ccccc3o2)cc1. The number of rotatable bonds is 3. The third-order valence-electron chi connectivity index (χ3n) is 2.66. The Morgan fingerprint density at radius 2 is 1.84 bits per heavy atom. The molecule has 19 heavy (non-hydrogen) atoms. The maximum atomic E-state index is 11.2. The highest BCUT2D eigenvalue weighted by atomic mass is 127. The molecule has 1 heterocycles. The summed E-state index contributed by atoms with van der Waals surface area (Å²) in [6, 6.07) is 15.2. The van der Waals surface area contributed by atoms with E-state index in [1.807, 2.05) is 36.4 Å². The molecule has 0 bridgehead atoms. The first-order valence-corrected chi connectivity index (χ1v) is 6.73. The molecule has 0 radical (unpaired) electrons. The van der Waals surface area contributed by atoms with Crippen LogP contribution < -0.4 is 5.32 Å². The predicted octanol–water partition coefficient (Wildman–Crippen LogP) is 4.15. The minimum atomic E-state index is 0.0195. The van der Waals surface area contributed by atoms with Gasteiger partial charge < -0.3 is 9.73 Å². The van der Waals surface area contributed by atoms with Gasteiger partial charge in [0.15, 0.2) is 5.58 Å². The highest BCUT2D eigenvalue weighted by Crippen LogP contribution is 2.22. The zero-order valence-corrected chi connectivity index (χ0v) is 11.9. The Labute approximate surface area is 123 Å². The first-order chi connectivity index (χ1) is 9.22. The van der Waals surface area contributed by atoms with Crippen molar-refractivity contribution in [3.8, 4) is 0 Å². The number of fused-ring (bicyclic) bond motifs is 1. The number of nitrogens with zero attached hydrogens (tertiary/aromatic N) is 1. The number of carbonyl (C=O) groups is 1. The van der Waals surface area contributed by atoms with Crippen LogP contribution in [-0.2, 0) is 0 Å². The lowest BCUT2D eigenvalue weighted by molar-refractivity contribution is 0.110. The first-order valence-electron chi connectivity index (χ1n) is 5.65. The zero-order chi connectivity index (χ0) is 13.2. The monoisotopic (exact) mass is 364 g/mol. The quantitative estimate of drug-likeness (QED) is 0.561. The molecule has 4 nitrogen and oxygen atoms in total. The van der Waals surface area contributed by atoms with Crippen molar-refractivity contribution in [3.05, 3.63) is 54.1 Å². The van der Waals surface area contributed by atoms with Gasteiger partial charge in [0.1, 0.15) is 5.52 Å². The second-order valence-electron chi connectivity index (χ2n) is 3.96. The van der Waals surface area contributed by atoms with Crippen molar-refractivity contribution in [2.24, 2.45) is 0 Å². The summed E-state index contributed by atoms with van der Waals surface area (Å²) in [6.07, 6.45) is 0. The number of nitrogens with one attached hydrogen (secondary N) is 1. The summed E-state index contributed by atoms with van der Waals surface area (Å²) >= 11 is 1.76. The van der Waals surface area contributed by atoms with E-state index in [4.69, 9.17) is 4.42 Å². The summed E-state index contributed by atoms with van der Waals surface area (Å²) < 4.78 is 5.58. The van der Waals surface area contributed by atoms with Crippen molar-refractivity contribution < 1.29 is 9.21 Å². The second-order valence-corrected chi connectivity index (χ2v) is 4.94. The van der Waals surface area contributed by atoms with Gasteiger partial charge in [-0.2, -0.15) is 4.98 Å². The number of halogens is 1. The molecule has 3 aromatic rings.